The summed E-state index contributed by atoms with van der Waals surface area (Å²) in [5, 5.41) is 0.506. The molecule has 0 radical (unpaired) electrons. The minimum absolute atomic E-state index is 0.130. The Morgan fingerprint density at radius 3 is 2.28 bits per heavy atom. The highest BCUT2D eigenvalue weighted by Gasteiger charge is 2.43. The van der Waals surface area contributed by atoms with E-state index in [1.807, 2.05) is 62.4 Å². The van der Waals surface area contributed by atoms with E-state index in [9.17, 15) is 9.59 Å². The SMILES string of the molecule is Cc1cccc(N2C(=O)c3oc4ccc(C)cc4c(=O)c3C2c2ccc(C(C)C)cc2)c1. The Morgan fingerprint density at radius 1 is 0.875 bits per heavy atom. The lowest BCUT2D eigenvalue weighted by Crippen LogP contribution is -2.29. The van der Waals surface area contributed by atoms with Crippen LogP contribution in [0.2, 0.25) is 0 Å². The minimum Gasteiger partial charge on any atom is -0.450 e. The van der Waals surface area contributed by atoms with Gasteiger partial charge in [0.2, 0.25) is 5.76 Å². The van der Waals surface area contributed by atoms with Gasteiger partial charge < -0.3 is 4.42 Å². The van der Waals surface area contributed by atoms with E-state index < -0.39 is 6.04 Å². The summed E-state index contributed by atoms with van der Waals surface area (Å²) in [5.74, 6) is 0.236. The second kappa shape index (κ2) is 7.49. The van der Waals surface area contributed by atoms with Gasteiger partial charge in [0.15, 0.2) is 5.43 Å². The number of carbonyl (C=O) groups excluding carboxylic acids is 1. The van der Waals surface area contributed by atoms with Crippen molar-refractivity contribution < 1.29 is 9.21 Å². The summed E-state index contributed by atoms with van der Waals surface area (Å²) in [6.45, 7) is 8.22. The van der Waals surface area contributed by atoms with Crippen LogP contribution in [0.5, 0.6) is 0 Å². The Hall–Kier alpha value is -3.66. The van der Waals surface area contributed by atoms with E-state index in [-0.39, 0.29) is 17.1 Å². The Morgan fingerprint density at radius 2 is 1.59 bits per heavy atom. The fraction of sp³-hybridized carbons (Fsp3) is 0.214. The molecule has 1 aliphatic rings. The molecule has 0 aliphatic carbocycles. The van der Waals surface area contributed by atoms with Crippen LogP contribution in [0, 0.1) is 13.8 Å². The van der Waals surface area contributed by atoms with Gasteiger partial charge in [0.05, 0.1) is 17.0 Å². The largest absolute Gasteiger partial charge is 0.450 e. The lowest BCUT2D eigenvalue weighted by Gasteiger charge is -2.26. The lowest BCUT2D eigenvalue weighted by atomic mass is 9.95. The molecule has 0 spiro atoms. The average Bonchev–Trinajstić information content (AvgIpc) is 3.07. The third kappa shape index (κ3) is 3.14. The maximum absolute atomic E-state index is 13.7. The van der Waals surface area contributed by atoms with Crippen molar-refractivity contribution in [2.45, 2.75) is 39.7 Å². The van der Waals surface area contributed by atoms with Gasteiger partial charge in [0, 0.05) is 5.69 Å². The van der Waals surface area contributed by atoms with Crippen LogP contribution in [0.25, 0.3) is 11.0 Å². The number of fused-ring (bicyclic) bond motifs is 2. The normalized spacial score (nSPS) is 15.6. The Kier molecular flexibility index (Phi) is 4.74. The van der Waals surface area contributed by atoms with Crippen LogP contribution in [-0.4, -0.2) is 5.91 Å². The van der Waals surface area contributed by atoms with Crippen LogP contribution in [-0.2, 0) is 0 Å². The maximum atomic E-state index is 13.7. The van der Waals surface area contributed by atoms with Crippen molar-refractivity contribution in [2.24, 2.45) is 0 Å². The van der Waals surface area contributed by atoms with E-state index in [2.05, 4.69) is 26.0 Å². The van der Waals surface area contributed by atoms with E-state index in [4.69, 9.17) is 4.42 Å². The summed E-state index contributed by atoms with van der Waals surface area (Å²) in [4.78, 5) is 29.0. The first-order valence-corrected chi connectivity index (χ1v) is 10.9. The third-order valence-corrected chi connectivity index (χ3v) is 6.22. The zero-order valence-corrected chi connectivity index (χ0v) is 18.7. The standard InChI is InChI=1S/C28H25NO3/c1-16(2)19-9-11-20(12-10-19)25-24-26(30)22-15-18(4)8-13-23(22)32-27(24)28(31)29(25)21-7-5-6-17(3)14-21/h5-16,25H,1-4H3. The van der Waals surface area contributed by atoms with E-state index in [0.717, 1.165) is 22.4 Å². The zero-order valence-electron chi connectivity index (χ0n) is 18.7. The molecule has 160 valence electrons. The fourth-order valence-corrected chi connectivity index (χ4v) is 4.51. The molecule has 5 rings (SSSR count). The molecule has 1 aliphatic heterocycles. The summed E-state index contributed by atoms with van der Waals surface area (Å²) in [6.07, 6.45) is 0. The number of hydrogen-bond donors (Lipinski definition) is 0. The van der Waals surface area contributed by atoms with Crippen LogP contribution in [0.1, 0.15) is 64.2 Å². The van der Waals surface area contributed by atoms with Crippen molar-refractivity contribution >= 4 is 22.6 Å². The molecule has 0 saturated carbocycles. The number of anilines is 1. The molecule has 32 heavy (non-hydrogen) atoms. The minimum atomic E-state index is -0.540. The van der Waals surface area contributed by atoms with Gasteiger partial charge >= 0.3 is 0 Å². The third-order valence-electron chi connectivity index (χ3n) is 6.22. The highest BCUT2D eigenvalue weighted by atomic mass is 16.3. The molecule has 2 heterocycles. The summed E-state index contributed by atoms with van der Waals surface area (Å²) >= 11 is 0. The number of rotatable bonds is 3. The molecule has 4 heteroatoms. The Bertz CT molecular complexity index is 1410. The number of aryl methyl sites for hydroxylation is 2. The van der Waals surface area contributed by atoms with E-state index in [1.165, 1.54) is 5.56 Å². The number of nitrogens with zero attached hydrogens (tertiary/aromatic N) is 1. The first-order chi connectivity index (χ1) is 15.3. The number of hydrogen-bond acceptors (Lipinski definition) is 3. The molecule has 3 aromatic carbocycles. The Labute approximate surface area is 187 Å². The van der Waals surface area contributed by atoms with Gasteiger partial charge in [-0.3, -0.25) is 14.5 Å². The summed E-state index contributed by atoms with van der Waals surface area (Å²) in [7, 11) is 0. The van der Waals surface area contributed by atoms with Crippen molar-refractivity contribution in [2.75, 3.05) is 4.90 Å². The molecular formula is C28H25NO3. The molecule has 4 nitrogen and oxygen atoms in total. The summed E-state index contributed by atoms with van der Waals surface area (Å²) in [6, 6.07) is 20.9. The van der Waals surface area contributed by atoms with Crippen LogP contribution in [0.15, 0.2) is 75.9 Å². The van der Waals surface area contributed by atoms with Gasteiger partial charge in [-0.25, -0.2) is 0 Å². The van der Waals surface area contributed by atoms with Crippen LogP contribution in [0.3, 0.4) is 0 Å². The molecule has 0 fully saturated rings. The quantitative estimate of drug-likeness (QED) is 0.389. The van der Waals surface area contributed by atoms with Gasteiger partial charge in [-0.2, -0.15) is 0 Å². The fourth-order valence-electron chi connectivity index (χ4n) is 4.51. The van der Waals surface area contributed by atoms with Crippen molar-refractivity contribution in [3.8, 4) is 0 Å². The molecule has 1 unspecified atom stereocenters. The van der Waals surface area contributed by atoms with Gasteiger partial charge in [0.1, 0.15) is 5.58 Å². The number of carbonyl (C=O) groups is 1. The maximum Gasteiger partial charge on any atom is 0.295 e. The first kappa shape index (κ1) is 20.3. The van der Waals surface area contributed by atoms with Gasteiger partial charge in [-0.15, -0.1) is 0 Å². The molecule has 0 N–H and O–H groups in total. The lowest BCUT2D eigenvalue weighted by molar-refractivity contribution is 0.0971. The predicted octanol–water partition coefficient (Wildman–Crippen LogP) is 6.28. The molecular weight excluding hydrogens is 398 g/mol. The van der Waals surface area contributed by atoms with Gasteiger partial charge in [-0.1, -0.05) is 61.9 Å². The van der Waals surface area contributed by atoms with Crippen molar-refractivity contribution in [3.63, 3.8) is 0 Å². The number of amides is 1. The molecule has 0 bridgehead atoms. The predicted molar refractivity (Wildman–Crippen MR) is 128 cm³/mol. The molecule has 1 aromatic heterocycles. The highest BCUT2D eigenvalue weighted by molar-refractivity contribution is 6.10. The van der Waals surface area contributed by atoms with E-state index in [0.29, 0.717) is 22.5 Å². The highest BCUT2D eigenvalue weighted by Crippen LogP contribution is 2.41. The van der Waals surface area contributed by atoms with E-state index >= 15 is 0 Å². The molecule has 4 aromatic rings. The smallest absolute Gasteiger partial charge is 0.295 e. The average molecular weight is 424 g/mol. The zero-order chi connectivity index (χ0) is 22.6. The second-order valence-corrected chi connectivity index (χ2v) is 8.91. The van der Waals surface area contributed by atoms with Crippen LogP contribution < -0.4 is 10.3 Å². The summed E-state index contributed by atoms with van der Waals surface area (Å²) < 4.78 is 6.06. The van der Waals surface area contributed by atoms with Crippen molar-refractivity contribution in [1.29, 1.82) is 0 Å². The van der Waals surface area contributed by atoms with Crippen LogP contribution >= 0.6 is 0 Å². The molecule has 1 amide bonds. The monoisotopic (exact) mass is 423 g/mol. The van der Waals surface area contributed by atoms with Crippen molar-refractivity contribution in [1.82, 2.24) is 0 Å². The van der Waals surface area contributed by atoms with Gasteiger partial charge in [0.25, 0.3) is 5.91 Å². The summed E-state index contributed by atoms with van der Waals surface area (Å²) in [5.41, 5.74) is 5.57. The second-order valence-electron chi connectivity index (χ2n) is 8.91. The van der Waals surface area contributed by atoms with Gasteiger partial charge in [-0.05, 0) is 60.7 Å². The molecule has 1 atom stereocenters. The Balaban J connectivity index is 1.79. The van der Waals surface area contributed by atoms with Crippen molar-refractivity contribution in [3.05, 3.63) is 111 Å². The van der Waals surface area contributed by atoms with E-state index in [1.54, 1.807) is 11.0 Å². The number of benzene rings is 3. The molecule has 0 saturated heterocycles. The topological polar surface area (TPSA) is 50.5 Å². The van der Waals surface area contributed by atoms with Crippen LogP contribution in [0.4, 0.5) is 5.69 Å². The first-order valence-electron chi connectivity index (χ1n) is 10.9.